The molecule has 2 heterocycles. The van der Waals surface area contributed by atoms with Crippen molar-refractivity contribution >= 4 is 23.2 Å². The Morgan fingerprint density at radius 2 is 2.12 bits per heavy atom. The average molecular weight is 362 g/mol. The van der Waals surface area contributed by atoms with E-state index >= 15 is 0 Å². The van der Waals surface area contributed by atoms with Gasteiger partial charge in [0, 0.05) is 44.5 Å². The number of rotatable bonds is 5. The first kappa shape index (κ1) is 18.6. The quantitative estimate of drug-likeness (QED) is 0.623. The monoisotopic (exact) mass is 362 g/mol. The number of alkyl halides is 3. The normalized spacial score (nSPS) is 15.2. The number of nitrogens with one attached hydrogen (secondary N) is 2. The molecule has 5 nitrogen and oxygen atoms in total. The Labute approximate surface area is 142 Å². The molecule has 0 aromatic carbocycles. The van der Waals surface area contributed by atoms with Crippen LogP contribution in [-0.4, -0.2) is 49.6 Å². The van der Waals surface area contributed by atoms with Crippen LogP contribution in [0.15, 0.2) is 16.4 Å². The van der Waals surface area contributed by atoms with Gasteiger partial charge in [0.15, 0.2) is 5.96 Å². The fourth-order valence-corrected chi connectivity index (χ4v) is 3.34. The number of fused-ring (bicyclic) bond motifs is 1. The molecule has 9 heteroatoms. The summed E-state index contributed by atoms with van der Waals surface area (Å²) in [5.74, 6) is 0.302. The standard InChI is InChI=1S/C15H21F3N4OS/c1-19-14(21-7-5-15(16,17)18)20-6-2-13(23)22-8-3-12-11(10-22)4-9-24-12/h4,9H,2-3,5-8,10H2,1H3,(H2,19,20,21). The fraction of sp³-hybridized carbons (Fsp3) is 0.600. The summed E-state index contributed by atoms with van der Waals surface area (Å²) in [6, 6.07) is 2.05. The maximum absolute atomic E-state index is 12.2. The van der Waals surface area contributed by atoms with Crippen LogP contribution in [-0.2, 0) is 17.8 Å². The van der Waals surface area contributed by atoms with Crippen molar-refractivity contribution in [1.82, 2.24) is 15.5 Å². The van der Waals surface area contributed by atoms with E-state index < -0.39 is 12.6 Å². The summed E-state index contributed by atoms with van der Waals surface area (Å²) in [6.45, 7) is 1.43. The van der Waals surface area contributed by atoms with Gasteiger partial charge in [-0.3, -0.25) is 9.79 Å². The first-order valence-electron chi connectivity index (χ1n) is 7.73. The van der Waals surface area contributed by atoms with Crippen molar-refractivity contribution in [3.63, 3.8) is 0 Å². The molecule has 0 saturated heterocycles. The van der Waals surface area contributed by atoms with Crippen LogP contribution in [0.2, 0.25) is 0 Å². The Kier molecular flexibility index (Phi) is 6.47. The maximum atomic E-state index is 12.2. The Hall–Kier alpha value is -1.77. The van der Waals surface area contributed by atoms with E-state index in [0.717, 1.165) is 6.42 Å². The van der Waals surface area contributed by atoms with Crippen molar-refractivity contribution in [3.05, 3.63) is 21.9 Å². The molecule has 1 amide bonds. The smallest absolute Gasteiger partial charge is 0.356 e. The van der Waals surface area contributed by atoms with Crippen LogP contribution in [0, 0.1) is 0 Å². The van der Waals surface area contributed by atoms with Gasteiger partial charge in [0.1, 0.15) is 0 Å². The molecule has 0 spiro atoms. The van der Waals surface area contributed by atoms with Crippen LogP contribution < -0.4 is 10.6 Å². The Bertz CT molecular complexity index is 586. The third kappa shape index (κ3) is 5.70. The zero-order valence-corrected chi connectivity index (χ0v) is 14.3. The minimum Gasteiger partial charge on any atom is -0.356 e. The summed E-state index contributed by atoms with van der Waals surface area (Å²) in [5, 5.41) is 7.49. The second-order valence-corrected chi connectivity index (χ2v) is 6.48. The van der Waals surface area contributed by atoms with E-state index in [0.29, 0.717) is 19.6 Å². The van der Waals surface area contributed by atoms with Gasteiger partial charge < -0.3 is 15.5 Å². The van der Waals surface area contributed by atoms with Gasteiger partial charge in [0.05, 0.1) is 6.42 Å². The number of halogens is 3. The second kappa shape index (κ2) is 8.36. The number of thiophene rings is 1. The minimum absolute atomic E-state index is 0.0325. The van der Waals surface area contributed by atoms with Gasteiger partial charge in [-0.15, -0.1) is 11.3 Å². The maximum Gasteiger partial charge on any atom is 0.390 e. The van der Waals surface area contributed by atoms with Crippen LogP contribution in [0.3, 0.4) is 0 Å². The van der Waals surface area contributed by atoms with Crippen LogP contribution in [0.5, 0.6) is 0 Å². The average Bonchev–Trinajstić information content (AvgIpc) is 2.99. The van der Waals surface area contributed by atoms with Crippen LogP contribution in [0.25, 0.3) is 0 Å². The molecule has 0 atom stereocenters. The molecule has 24 heavy (non-hydrogen) atoms. The van der Waals surface area contributed by atoms with Crippen LogP contribution >= 0.6 is 11.3 Å². The van der Waals surface area contributed by atoms with Crippen molar-refractivity contribution < 1.29 is 18.0 Å². The van der Waals surface area contributed by atoms with Gasteiger partial charge >= 0.3 is 6.18 Å². The molecule has 0 unspecified atom stereocenters. The Balaban J connectivity index is 1.68. The van der Waals surface area contributed by atoms with Gasteiger partial charge in [-0.1, -0.05) is 0 Å². The molecule has 0 saturated carbocycles. The molecular formula is C15H21F3N4OS. The first-order valence-corrected chi connectivity index (χ1v) is 8.61. The van der Waals surface area contributed by atoms with Crippen molar-refractivity contribution in [1.29, 1.82) is 0 Å². The molecule has 1 aromatic rings. The molecule has 2 N–H and O–H groups in total. The molecule has 0 aliphatic carbocycles. The number of carbonyl (C=O) groups excluding carboxylic acids is 1. The second-order valence-electron chi connectivity index (χ2n) is 5.48. The number of aliphatic imine (C=N–C) groups is 1. The van der Waals surface area contributed by atoms with E-state index in [-0.39, 0.29) is 24.8 Å². The molecular weight excluding hydrogens is 341 g/mol. The van der Waals surface area contributed by atoms with E-state index in [1.165, 1.54) is 17.5 Å². The Morgan fingerprint density at radius 3 is 2.83 bits per heavy atom. The topological polar surface area (TPSA) is 56.7 Å². The predicted octanol–water partition coefficient (Wildman–Crippen LogP) is 2.14. The van der Waals surface area contributed by atoms with Gasteiger partial charge in [0.2, 0.25) is 5.91 Å². The number of hydrogen-bond donors (Lipinski definition) is 2. The number of hydrogen-bond acceptors (Lipinski definition) is 3. The molecule has 2 rings (SSSR count). The zero-order valence-electron chi connectivity index (χ0n) is 13.4. The van der Waals surface area contributed by atoms with Crippen LogP contribution in [0.4, 0.5) is 13.2 Å². The summed E-state index contributed by atoms with van der Waals surface area (Å²) in [7, 11) is 1.48. The molecule has 134 valence electrons. The highest BCUT2D eigenvalue weighted by Gasteiger charge is 2.26. The lowest BCUT2D eigenvalue weighted by Gasteiger charge is -2.27. The number of carbonyl (C=O) groups is 1. The zero-order chi connectivity index (χ0) is 17.6. The molecule has 1 aromatic heterocycles. The summed E-state index contributed by atoms with van der Waals surface area (Å²) < 4.78 is 36.3. The van der Waals surface area contributed by atoms with Crippen molar-refractivity contribution in [3.8, 4) is 0 Å². The fourth-order valence-electron chi connectivity index (χ4n) is 2.45. The first-order chi connectivity index (χ1) is 11.4. The molecule has 0 fully saturated rings. The lowest BCUT2D eigenvalue weighted by molar-refractivity contribution is -0.133. The van der Waals surface area contributed by atoms with Gasteiger partial charge in [-0.2, -0.15) is 13.2 Å². The van der Waals surface area contributed by atoms with E-state index in [2.05, 4.69) is 15.6 Å². The third-order valence-electron chi connectivity index (χ3n) is 3.72. The summed E-state index contributed by atoms with van der Waals surface area (Å²) in [6.07, 6.45) is -3.97. The summed E-state index contributed by atoms with van der Waals surface area (Å²) in [4.78, 5) is 19.2. The molecule has 0 bridgehead atoms. The summed E-state index contributed by atoms with van der Waals surface area (Å²) in [5.41, 5.74) is 1.21. The van der Waals surface area contributed by atoms with Gasteiger partial charge in [-0.05, 0) is 23.4 Å². The van der Waals surface area contributed by atoms with Crippen molar-refractivity contribution in [2.75, 3.05) is 26.7 Å². The molecule has 1 aliphatic heterocycles. The van der Waals surface area contributed by atoms with Gasteiger partial charge in [-0.25, -0.2) is 0 Å². The largest absolute Gasteiger partial charge is 0.390 e. The highest BCUT2D eigenvalue weighted by Crippen LogP contribution is 2.24. The van der Waals surface area contributed by atoms with E-state index in [1.54, 1.807) is 11.3 Å². The lowest BCUT2D eigenvalue weighted by atomic mass is 10.1. The molecule has 0 radical (unpaired) electrons. The highest BCUT2D eigenvalue weighted by molar-refractivity contribution is 7.10. The highest BCUT2D eigenvalue weighted by atomic mass is 32.1. The number of guanidine groups is 1. The number of amides is 1. The molecule has 1 aliphatic rings. The summed E-state index contributed by atoms with van der Waals surface area (Å²) >= 11 is 1.72. The van der Waals surface area contributed by atoms with Crippen molar-refractivity contribution in [2.45, 2.75) is 32.0 Å². The lowest BCUT2D eigenvalue weighted by Crippen LogP contribution is -2.41. The van der Waals surface area contributed by atoms with E-state index in [4.69, 9.17) is 0 Å². The van der Waals surface area contributed by atoms with Crippen LogP contribution in [0.1, 0.15) is 23.3 Å². The van der Waals surface area contributed by atoms with E-state index in [1.807, 2.05) is 16.3 Å². The van der Waals surface area contributed by atoms with Crippen molar-refractivity contribution in [2.24, 2.45) is 4.99 Å². The minimum atomic E-state index is -4.20. The number of nitrogens with zero attached hydrogens (tertiary/aromatic N) is 2. The van der Waals surface area contributed by atoms with Gasteiger partial charge in [0.25, 0.3) is 0 Å². The van der Waals surface area contributed by atoms with E-state index in [9.17, 15) is 18.0 Å². The Morgan fingerprint density at radius 1 is 1.38 bits per heavy atom. The third-order valence-corrected chi connectivity index (χ3v) is 4.74. The SMILES string of the molecule is CN=C(NCCC(=O)N1CCc2sccc2C1)NCCC(F)(F)F. The predicted molar refractivity (Wildman–Crippen MR) is 88.1 cm³/mol.